The van der Waals surface area contributed by atoms with Crippen LogP contribution in [0.25, 0.3) is 12.2 Å². The number of rotatable bonds is 8. The fraction of sp³-hybridized carbons (Fsp3) is 0.0370. The van der Waals surface area contributed by atoms with Gasteiger partial charge in [0, 0.05) is 0 Å². The zero-order valence-electron chi connectivity index (χ0n) is 22.8. The summed E-state index contributed by atoms with van der Waals surface area (Å²) in [7, 11) is -9.67. The molecule has 4 aromatic rings. The molecule has 15 heteroatoms. The van der Waals surface area contributed by atoms with Crippen LogP contribution in [0.5, 0.6) is 5.75 Å². The van der Waals surface area contributed by atoms with Gasteiger partial charge < -0.3 is 9.66 Å². The number of azo groups is 2. The van der Waals surface area contributed by atoms with Gasteiger partial charge in [0.1, 0.15) is 20.8 Å². The Balaban J connectivity index is 0.00000308. The molecule has 0 radical (unpaired) electrons. The van der Waals surface area contributed by atoms with Crippen LogP contribution in [-0.4, -0.2) is 31.0 Å². The number of benzene rings is 4. The van der Waals surface area contributed by atoms with Gasteiger partial charge in [-0.15, -0.1) is 0 Å². The molecule has 11 nitrogen and oxygen atoms in total. The Bertz CT molecular complexity index is 1720. The number of nitrogens with zero attached hydrogens (tertiary/aromatic N) is 4. The molecule has 0 heterocycles. The summed E-state index contributed by atoms with van der Waals surface area (Å²) in [6.45, 7) is 1.92. The summed E-state index contributed by atoms with van der Waals surface area (Å²) in [6, 6.07) is 20.6. The van der Waals surface area contributed by atoms with Gasteiger partial charge in [-0.3, -0.25) is 4.55 Å². The number of phenols is 1. The molecule has 204 valence electrons. The molecule has 0 spiro atoms. The van der Waals surface area contributed by atoms with Crippen molar-refractivity contribution in [3.05, 3.63) is 102 Å². The second-order valence-corrected chi connectivity index (χ2v) is 11.2. The minimum absolute atomic E-state index is 0. The van der Waals surface area contributed by atoms with E-state index in [0.29, 0.717) is 11.4 Å². The minimum Gasteiger partial charge on any atom is -0.744 e. The van der Waals surface area contributed by atoms with Gasteiger partial charge >= 0.3 is 59.1 Å². The van der Waals surface area contributed by atoms with E-state index in [1.807, 2.05) is 19.1 Å². The molecule has 0 aliphatic heterocycles. The molecular formula is C27H21N4Na2O7S2+. The van der Waals surface area contributed by atoms with Crippen molar-refractivity contribution < 1.29 is 90.2 Å². The van der Waals surface area contributed by atoms with Crippen molar-refractivity contribution in [3.63, 3.8) is 0 Å². The van der Waals surface area contributed by atoms with Crippen molar-refractivity contribution in [2.75, 3.05) is 0 Å². The van der Waals surface area contributed by atoms with E-state index in [-0.39, 0.29) is 87.4 Å². The first-order valence-corrected chi connectivity index (χ1v) is 14.3. The van der Waals surface area contributed by atoms with Gasteiger partial charge in [-0.25, -0.2) is 8.42 Å². The maximum absolute atomic E-state index is 12.1. The van der Waals surface area contributed by atoms with E-state index in [1.165, 1.54) is 60.7 Å². The summed E-state index contributed by atoms with van der Waals surface area (Å²) in [5, 5.41) is 25.3. The summed E-state index contributed by atoms with van der Waals surface area (Å²) < 4.78 is 69.8. The van der Waals surface area contributed by atoms with Crippen LogP contribution in [0.1, 0.15) is 16.7 Å². The molecule has 2 N–H and O–H groups in total. The second-order valence-electron chi connectivity index (χ2n) is 8.46. The SMILES string of the molecule is Cc1ccc(N=Nc2ccc(/C=C/c3ccc(N=Nc4ccc(O)cc4)cc3S(=O)(=O)[O-])c(S(=O)(=O)O)c2)cc1.[Na+].[Na+]. The minimum atomic E-state index is -4.96. The zero-order chi connectivity index (χ0) is 28.9. The van der Waals surface area contributed by atoms with Crippen LogP contribution >= 0.6 is 0 Å². The maximum Gasteiger partial charge on any atom is 1.00 e. The Morgan fingerprint density at radius 1 is 0.619 bits per heavy atom. The van der Waals surface area contributed by atoms with E-state index >= 15 is 0 Å². The summed E-state index contributed by atoms with van der Waals surface area (Å²) in [5.41, 5.74) is 2.15. The Morgan fingerprint density at radius 2 is 1.00 bits per heavy atom. The second kappa shape index (κ2) is 15.3. The molecule has 0 aliphatic rings. The molecule has 0 unspecified atom stereocenters. The first-order chi connectivity index (χ1) is 18.9. The molecule has 4 rings (SSSR count). The van der Waals surface area contributed by atoms with Gasteiger partial charge in [-0.2, -0.15) is 28.9 Å². The van der Waals surface area contributed by atoms with Crippen LogP contribution in [0.3, 0.4) is 0 Å². The van der Waals surface area contributed by atoms with Crippen molar-refractivity contribution in [1.82, 2.24) is 0 Å². The van der Waals surface area contributed by atoms with Gasteiger partial charge in [0.2, 0.25) is 0 Å². The predicted octanol–water partition coefficient (Wildman–Crippen LogP) is 0.861. The van der Waals surface area contributed by atoms with Crippen molar-refractivity contribution in [2.24, 2.45) is 20.5 Å². The van der Waals surface area contributed by atoms with Crippen LogP contribution in [0.15, 0.2) is 115 Å². The molecule has 0 saturated heterocycles. The number of hydrogen-bond acceptors (Lipinski definition) is 10. The number of phenolic OH excluding ortho intramolecular Hbond substituents is 1. The Hall–Kier alpha value is -2.56. The van der Waals surface area contributed by atoms with Gasteiger partial charge in [-0.05, 0) is 78.7 Å². The van der Waals surface area contributed by atoms with Crippen LogP contribution in [-0.2, 0) is 20.2 Å². The third-order valence-electron chi connectivity index (χ3n) is 5.43. The average molecular weight is 624 g/mol. The Morgan fingerprint density at radius 3 is 1.45 bits per heavy atom. The summed E-state index contributed by atoms with van der Waals surface area (Å²) in [4.78, 5) is -1.10. The summed E-state index contributed by atoms with van der Waals surface area (Å²) >= 11 is 0. The van der Waals surface area contributed by atoms with Gasteiger partial charge in [0.25, 0.3) is 10.1 Å². The van der Waals surface area contributed by atoms with Crippen LogP contribution in [0.2, 0.25) is 0 Å². The van der Waals surface area contributed by atoms with Crippen LogP contribution in [0, 0.1) is 6.92 Å². The smallest absolute Gasteiger partial charge is 0.744 e. The van der Waals surface area contributed by atoms with Gasteiger partial charge in [0.05, 0.1) is 27.6 Å². The van der Waals surface area contributed by atoms with E-state index in [2.05, 4.69) is 20.5 Å². The molecule has 4 aromatic carbocycles. The first-order valence-electron chi connectivity index (χ1n) is 11.5. The third-order valence-corrected chi connectivity index (χ3v) is 7.23. The van der Waals surface area contributed by atoms with Gasteiger partial charge in [0.15, 0.2) is 0 Å². The van der Waals surface area contributed by atoms with Crippen molar-refractivity contribution in [1.29, 1.82) is 0 Å². The molecular weight excluding hydrogens is 602 g/mol. The monoisotopic (exact) mass is 623 g/mol. The molecule has 42 heavy (non-hydrogen) atoms. The van der Waals surface area contributed by atoms with Crippen molar-refractivity contribution >= 4 is 55.1 Å². The molecule has 0 bridgehead atoms. The summed E-state index contributed by atoms with van der Waals surface area (Å²) in [5.74, 6) is 0.0354. The van der Waals surface area contributed by atoms with E-state index in [0.717, 1.165) is 17.7 Å². The normalized spacial score (nSPS) is 12.0. The Kier molecular flexibility index (Phi) is 12.9. The molecule has 0 amide bonds. The van der Waals surface area contributed by atoms with E-state index in [9.17, 15) is 31.0 Å². The molecule has 0 aromatic heterocycles. The molecule has 0 saturated carbocycles. The van der Waals surface area contributed by atoms with Crippen molar-refractivity contribution in [2.45, 2.75) is 16.7 Å². The molecule has 0 aliphatic carbocycles. The Labute approximate surface area is 287 Å². The average Bonchev–Trinajstić information content (AvgIpc) is 2.90. The quantitative estimate of drug-likeness (QED) is 0.126. The predicted molar refractivity (Wildman–Crippen MR) is 147 cm³/mol. The largest absolute Gasteiger partial charge is 1.00 e. The van der Waals surface area contributed by atoms with E-state index in [4.69, 9.17) is 0 Å². The third kappa shape index (κ3) is 10.0. The fourth-order valence-electron chi connectivity index (χ4n) is 3.43. The summed E-state index contributed by atoms with van der Waals surface area (Å²) in [6.07, 6.45) is 2.47. The number of aryl methyl sites for hydroxylation is 1. The number of hydrogen-bond donors (Lipinski definition) is 2. The fourth-order valence-corrected chi connectivity index (χ4v) is 4.82. The standard InChI is InChI=1S/C27H22N4O7S2.2Na/c1-18-2-8-21(9-3-18)28-30-23-10-6-19(26(16-23)39(33,34)35)4-5-20-7-11-24(17-27(20)40(36,37)38)31-29-22-12-14-25(32)15-13-22;;/h2-17,32H,1H3,(H,33,34,35)(H,36,37,38);;/q;2*+1/p-1/b5-4+,30-28?,31-29?;;. The molecule has 0 atom stereocenters. The topological polar surface area (TPSA) is 181 Å². The van der Waals surface area contributed by atoms with Crippen molar-refractivity contribution in [3.8, 4) is 5.75 Å². The van der Waals surface area contributed by atoms with Crippen LogP contribution in [0.4, 0.5) is 22.7 Å². The maximum atomic E-state index is 12.1. The van der Waals surface area contributed by atoms with E-state index < -0.39 is 30.0 Å². The zero-order valence-corrected chi connectivity index (χ0v) is 28.4. The molecule has 0 fully saturated rings. The van der Waals surface area contributed by atoms with Gasteiger partial charge in [-0.1, -0.05) is 42.0 Å². The van der Waals surface area contributed by atoms with E-state index in [1.54, 1.807) is 12.1 Å². The number of aromatic hydroxyl groups is 1. The first kappa shape index (κ1) is 35.6. The van der Waals surface area contributed by atoms with Crippen LogP contribution < -0.4 is 59.1 Å².